The lowest BCUT2D eigenvalue weighted by molar-refractivity contribution is -0.138. The molecule has 2 aromatic carbocycles. The van der Waals surface area contributed by atoms with Gasteiger partial charge in [-0.15, -0.1) is 11.6 Å². The van der Waals surface area contributed by atoms with E-state index < -0.39 is 55.8 Å². The Morgan fingerprint density at radius 2 is 1.16 bits per heavy atom. The Labute approximate surface area is 218 Å². The van der Waals surface area contributed by atoms with Gasteiger partial charge in [-0.25, -0.2) is 17.6 Å². The molecule has 0 saturated heterocycles. The van der Waals surface area contributed by atoms with Crippen LogP contribution in [0.2, 0.25) is 0 Å². The lowest BCUT2D eigenvalue weighted by atomic mass is 10.1. The molecule has 0 fully saturated rings. The zero-order valence-corrected chi connectivity index (χ0v) is 21.1. The third-order valence-electron chi connectivity index (χ3n) is 5.23. The number of nitrogens with zero attached hydrogens (tertiary/aromatic N) is 2. The lowest BCUT2D eigenvalue weighted by Crippen LogP contribution is -2.48. The number of alkyl halides is 5. The number of benzene rings is 2. The van der Waals surface area contributed by atoms with Gasteiger partial charge in [-0.3, -0.25) is 9.59 Å². The van der Waals surface area contributed by atoms with Crippen LogP contribution in [-0.4, -0.2) is 89.4 Å². The number of nitrogens with one attached hydrogen (secondary N) is 1. The van der Waals surface area contributed by atoms with E-state index in [1.165, 1.54) is 0 Å². The monoisotopic (exact) mass is 549 g/mol. The Bertz CT molecular complexity index is 913. The van der Waals surface area contributed by atoms with Crippen LogP contribution in [0.3, 0.4) is 0 Å². The van der Waals surface area contributed by atoms with E-state index in [0.717, 1.165) is 15.4 Å². The second-order valence-electron chi connectivity index (χ2n) is 7.85. The third kappa shape index (κ3) is 11.0. The molecule has 37 heavy (non-hydrogen) atoms. The summed E-state index contributed by atoms with van der Waals surface area (Å²) in [6, 6.07) is 14.5. The molecular formula is C25H32ClF4N3O4. The summed E-state index contributed by atoms with van der Waals surface area (Å²) in [5, 5.41) is 20.7. The second-order valence-corrected chi connectivity index (χ2v) is 8.11. The van der Waals surface area contributed by atoms with Crippen molar-refractivity contribution in [2.45, 2.75) is 38.0 Å². The number of hydrogen-bond donors (Lipinski definition) is 3. The molecule has 0 saturated carbocycles. The largest absolute Gasteiger partial charge is 0.394 e. The van der Waals surface area contributed by atoms with E-state index in [1.807, 2.05) is 0 Å². The van der Waals surface area contributed by atoms with Crippen molar-refractivity contribution in [1.29, 1.82) is 0 Å². The highest BCUT2D eigenvalue weighted by molar-refractivity contribution is 6.27. The number of carbonyl (C=O) groups is 2. The summed E-state index contributed by atoms with van der Waals surface area (Å²) < 4.78 is 51.3. The molecule has 0 bridgehead atoms. The van der Waals surface area contributed by atoms with Crippen LogP contribution < -0.4 is 5.32 Å². The van der Waals surface area contributed by atoms with Gasteiger partial charge in [0.05, 0.1) is 19.8 Å². The van der Waals surface area contributed by atoms with E-state index in [-0.39, 0.29) is 19.6 Å². The van der Waals surface area contributed by atoms with E-state index >= 15 is 0 Å². The third-order valence-corrected chi connectivity index (χ3v) is 5.46. The van der Waals surface area contributed by atoms with Crippen LogP contribution >= 0.6 is 11.6 Å². The van der Waals surface area contributed by atoms with Crippen molar-refractivity contribution in [1.82, 2.24) is 15.1 Å². The molecule has 0 heterocycles. The molecule has 2 aromatic rings. The van der Waals surface area contributed by atoms with Crippen LogP contribution in [0, 0.1) is 0 Å². The van der Waals surface area contributed by atoms with Gasteiger partial charge in [0.2, 0.25) is 11.8 Å². The molecule has 0 unspecified atom stereocenters. The molecule has 7 nitrogen and oxygen atoms in total. The fourth-order valence-corrected chi connectivity index (χ4v) is 3.45. The van der Waals surface area contributed by atoms with Crippen molar-refractivity contribution in [2.24, 2.45) is 0 Å². The molecule has 12 heteroatoms. The molecule has 2 atom stereocenters. The van der Waals surface area contributed by atoms with E-state index in [2.05, 4.69) is 5.32 Å². The predicted molar refractivity (Wildman–Crippen MR) is 132 cm³/mol. The number of aliphatic hydroxyl groups excluding tert-OH is 2. The van der Waals surface area contributed by atoms with Crippen molar-refractivity contribution in [3.63, 3.8) is 0 Å². The summed E-state index contributed by atoms with van der Waals surface area (Å²) in [6.45, 7) is -1.55. The van der Waals surface area contributed by atoms with Crippen molar-refractivity contribution in [3.8, 4) is 0 Å². The van der Waals surface area contributed by atoms with Crippen molar-refractivity contribution < 1.29 is 37.4 Å². The van der Waals surface area contributed by atoms with Gasteiger partial charge in [0, 0.05) is 13.1 Å². The maximum atomic E-state index is 12.9. The fourth-order valence-electron chi connectivity index (χ4n) is 3.30. The van der Waals surface area contributed by atoms with Crippen LogP contribution in [-0.2, 0) is 22.7 Å². The summed E-state index contributed by atoms with van der Waals surface area (Å²) >= 11 is 5.40. The minimum atomic E-state index is -2.81. The van der Waals surface area contributed by atoms with Crippen molar-refractivity contribution in [3.05, 3.63) is 71.8 Å². The Kier molecular flexibility index (Phi) is 15.4. The zero-order valence-electron chi connectivity index (χ0n) is 20.3. The van der Waals surface area contributed by atoms with Gasteiger partial charge in [0.15, 0.2) is 0 Å². The number of aliphatic hydroxyl groups is 2. The number of amides is 2. The number of likely N-dealkylation sites (N-methyl/N-ethyl adjacent to an activating group) is 1. The van der Waals surface area contributed by atoms with E-state index in [1.54, 1.807) is 67.7 Å². The highest BCUT2D eigenvalue weighted by Crippen LogP contribution is 2.16. The van der Waals surface area contributed by atoms with Crippen LogP contribution in [0.25, 0.3) is 0 Å². The molecule has 0 aromatic heterocycles. The molecular weight excluding hydrogens is 518 g/mol. The molecule has 3 N–H and O–H groups in total. The van der Waals surface area contributed by atoms with Gasteiger partial charge < -0.3 is 25.3 Å². The SMILES string of the molecule is CNCC(=O)N(Cc1ccccc1)[C@@H](CO)C(F)F.O=C(CCl)N(Cc1ccccc1)[C@@H](CO)C(F)F. The molecule has 0 aliphatic carbocycles. The predicted octanol–water partition coefficient (Wildman–Crippen LogP) is 2.74. The number of halogens is 5. The van der Waals surface area contributed by atoms with Gasteiger partial charge in [-0.05, 0) is 18.2 Å². The minimum absolute atomic E-state index is 0.00194. The Balaban J connectivity index is 0.000000371. The minimum Gasteiger partial charge on any atom is -0.394 e. The summed E-state index contributed by atoms with van der Waals surface area (Å²) in [6.07, 6.45) is -5.60. The Hall–Kier alpha value is -2.73. The van der Waals surface area contributed by atoms with Crippen molar-refractivity contribution in [2.75, 3.05) is 32.7 Å². The average Bonchev–Trinajstić information content (AvgIpc) is 2.89. The van der Waals surface area contributed by atoms with Gasteiger partial charge in [-0.2, -0.15) is 0 Å². The molecule has 2 rings (SSSR count). The van der Waals surface area contributed by atoms with E-state index in [0.29, 0.717) is 5.56 Å². The molecule has 0 aliphatic rings. The number of hydrogen-bond acceptors (Lipinski definition) is 5. The first-order valence-corrected chi connectivity index (χ1v) is 11.9. The van der Waals surface area contributed by atoms with Gasteiger partial charge in [0.25, 0.3) is 12.9 Å². The van der Waals surface area contributed by atoms with E-state index in [4.69, 9.17) is 21.8 Å². The fraction of sp³-hybridized carbons (Fsp3) is 0.440. The highest BCUT2D eigenvalue weighted by Gasteiger charge is 2.31. The molecule has 0 aliphatic heterocycles. The number of carbonyl (C=O) groups excluding carboxylic acids is 2. The normalized spacial score (nSPS) is 12.5. The van der Waals surface area contributed by atoms with E-state index in [9.17, 15) is 27.2 Å². The summed E-state index contributed by atoms with van der Waals surface area (Å²) in [7, 11) is 1.56. The topological polar surface area (TPSA) is 93.1 Å². The van der Waals surface area contributed by atoms with Crippen LogP contribution in [0.4, 0.5) is 17.6 Å². The highest BCUT2D eigenvalue weighted by atomic mass is 35.5. The van der Waals surface area contributed by atoms with Gasteiger partial charge >= 0.3 is 0 Å². The zero-order chi connectivity index (χ0) is 27.8. The second kappa shape index (κ2) is 17.7. The summed E-state index contributed by atoms with van der Waals surface area (Å²) in [5.74, 6) is -1.48. The maximum Gasteiger partial charge on any atom is 0.260 e. The molecule has 206 valence electrons. The Morgan fingerprint density at radius 3 is 1.46 bits per heavy atom. The van der Waals surface area contributed by atoms with Crippen LogP contribution in [0.1, 0.15) is 11.1 Å². The standard InChI is InChI=1S/C13H18F2N2O2.C12H14ClF2NO2/c1-16-7-12(19)17(11(9-18)13(14)15)8-10-5-3-2-4-6-10;13-6-11(18)16(10(8-17)12(14)15)7-9-4-2-1-3-5-9/h2-6,11,13,16,18H,7-9H2,1H3;1-5,10,12,17H,6-8H2/t11-;10-/m00/s1. The summed E-state index contributed by atoms with van der Waals surface area (Å²) in [4.78, 5) is 25.4. The first-order chi connectivity index (χ1) is 17.7. The molecule has 0 radical (unpaired) electrons. The summed E-state index contributed by atoms with van der Waals surface area (Å²) in [5.41, 5.74) is 1.45. The molecule has 2 amide bonds. The molecule has 0 spiro atoms. The number of rotatable bonds is 13. The lowest BCUT2D eigenvalue weighted by Gasteiger charge is -2.30. The Morgan fingerprint density at radius 1 is 0.784 bits per heavy atom. The van der Waals surface area contributed by atoms with Gasteiger partial charge in [-0.1, -0.05) is 60.7 Å². The van der Waals surface area contributed by atoms with Gasteiger partial charge in [0.1, 0.15) is 18.0 Å². The first-order valence-electron chi connectivity index (χ1n) is 11.3. The smallest absolute Gasteiger partial charge is 0.260 e. The first kappa shape index (κ1) is 32.3. The average molecular weight is 550 g/mol. The maximum absolute atomic E-state index is 12.9. The quantitative estimate of drug-likeness (QED) is 0.264. The van der Waals surface area contributed by atoms with Crippen molar-refractivity contribution >= 4 is 23.4 Å². The van der Waals surface area contributed by atoms with Crippen LogP contribution in [0.5, 0.6) is 0 Å². The van der Waals surface area contributed by atoms with Crippen LogP contribution in [0.15, 0.2) is 60.7 Å².